The highest BCUT2D eigenvalue weighted by atomic mass is 16.5. The molecule has 0 radical (unpaired) electrons. The predicted molar refractivity (Wildman–Crippen MR) is 87.6 cm³/mol. The van der Waals surface area contributed by atoms with Gasteiger partial charge in [0.1, 0.15) is 17.7 Å². The summed E-state index contributed by atoms with van der Waals surface area (Å²) in [5.41, 5.74) is 0.916. The highest BCUT2D eigenvalue weighted by Gasteiger charge is 2.28. The second-order valence-electron chi connectivity index (χ2n) is 5.75. The smallest absolute Gasteiger partial charge is 0.260 e. The first kappa shape index (κ1) is 16.9. The number of nitrogens with one attached hydrogen (secondary N) is 1. The molecule has 0 saturated carbocycles. The number of hydrogen-bond acceptors (Lipinski definition) is 6. The standard InChI is InChI=1S/C17H19N5O3/c1-12-19-17(21-20-12)15-10-22(8-9-24-15)16(23)11-25-14-4-2-13(3-5-14)6-7-18/h2-5,15H,6,8-11H2,1H3,(H,19,20,21)/t15-/m0/s1. The molecule has 1 aromatic carbocycles. The van der Waals surface area contributed by atoms with Gasteiger partial charge in [-0.25, -0.2) is 4.98 Å². The fraction of sp³-hybridized carbons (Fsp3) is 0.412. The molecule has 2 aromatic rings. The van der Waals surface area contributed by atoms with Crippen molar-refractivity contribution in [1.82, 2.24) is 20.1 Å². The zero-order chi connectivity index (χ0) is 17.6. The molecule has 1 atom stereocenters. The van der Waals surface area contributed by atoms with E-state index in [2.05, 4.69) is 21.3 Å². The molecule has 25 heavy (non-hydrogen) atoms. The number of aromatic nitrogens is 3. The fourth-order valence-electron chi connectivity index (χ4n) is 2.57. The summed E-state index contributed by atoms with van der Waals surface area (Å²) in [6.07, 6.45) is 0.0302. The quantitative estimate of drug-likeness (QED) is 0.875. The third-order valence-electron chi connectivity index (χ3n) is 3.89. The molecule has 1 amide bonds. The van der Waals surface area contributed by atoms with Gasteiger partial charge in [0, 0.05) is 6.54 Å². The first-order valence-electron chi connectivity index (χ1n) is 8.02. The second kappa shape index (κ2) is 7.77. The summed E-state index contributed by atoms with van der Waals surface area (Å²) in [5.74, 6) is 1.76. The number of carbonyl (C=O) groups excluding carboxylic acids is 1. The van der Waals surface area contributed by atoms with Crippen molar-refractivity contribution in [3.05, 3.63) is 41.5 Å². The van der Waals surface area contributed by atoms with Crippen LogP contribution in [-0.4, -0.2) is 52.3 Å². The van der Waals surface area contributed by atoms with Gasteiger partial charge in [0.05, 0.1) is 25.6 Å². The Morgan fingerprint density at radius 3 is 2.96 bits per heavy atom. The first-order chi connectivity index (χ1) is 12.2. The van der Waals surface area contributed by atoms with Gasteiger partial charge in [0.2, 0.25) is 0 Å². The van der Waals surface area contributed by atoms with E-state index >= 15 is 0 Å². The van der Waals surface area contributed by atoms with Gasteiger partial charge in [-0.2, -0.15) is 10.4 Å². The normalized spacial score (nSPS) is 17.1. The minimum absolute atomic E-state index is 0.0443. The zero-order valence-electron chi connectivity index (χ0n) is 13.9. The molecule has 1 N–H and O–H groups in total. The van der Waals surface area contributed by atoms with E-state index in [1.165, 1.54) is 0 Å². The lowest BCUT2D eigenvalue weighted by atomic mass is 10.2. The Morgan fingerprint density at radius 2 is 2.28 bits per heavy atom. The summed E-state index contributed by atoms with van der Waals surface area (Å²) >= 11 is 0. The van der Waals surface area contributed by atoms with E-state index in [9.17, 15) is 4.79 Å². The van der Waals surface area contributed by atoms with Crippen molar-refractivity contribution < 1.29 is 14.3 Å². The van der Waals surface area contributed by atoms with Crippen molar-refractivity contribution in [2.45, 2.75) is 19.4 Å². The van der Waals surface area contributed by atoms with Crippen LogP contribution in [-0.2, 0) is 16.0 Å². The molecule has 1 saturated heterocycles. The van der Waals surface area contributed by atoms with Gasteiger partial charge in [-0.05, 0) is 24.6 Å². The van der Waals surface area contributed by atoms with Gasteiger partial charge in [-0.3, -0.25) is 9.89 Å². The third-order valence-corrected chi connectivity index (χ3v) is 3.89. The molecule has 0 unspecified atom stereocenters. The lowest BCUT2D eigenvalue weighted by Gasteiger charge is -2.31. The molecule has 130 valence electrons. The van der Waals surface area contributed by atoms with E-state index in [1.54, 1.807) is 17.0 Å². The molecule has 8 nitrogen and oxygen atoms in total. The van der Waals surface area contributed by atoms with Gasteiger partial charge in [0.25, 0.3) is 5.91 Å². The van der Waals surface area contributed by atoms with Gasteiger partial charge in [-0.1, -0.05) is 12.1 Å². The Labute approximate surface area is 145 Å². The Balaban J connectivity index is 1.53. The minimum Gasteiger partial charge on any atom is -0.484 e. The van der Waals surface area contributed by atoms with E-state index < -0.39 is 0 Å². The Bertz CT molecular complexity index is 765. The average molecular weight is 341 g/mol. The number of H-pyrrole nitrogens is 1. The van der Waals surface area contributed by atoms with E-state index in [0.717, 1.165) is 5.56 Å². The van der Waals surface area contributed by atoms with Crippen molar-refractivity contribution in [3.8, 4) is 11.8 Å². The number of ether oxygens (including phenoxy) is 2. The maximum atomic E-state index is 12.4. The van der Waals surface area contributed by atoms with E-state index in [1.807, 2.05) is 19.1 Å². The molecular weight excluding hydrogens is 322 g/mol. The van der Waals surface area contributed by atoms with Crippen LogP contribution in [0.2, 0.25) is 0 Å². The SMILES string of the molecule is Cc1nc([C@@H]2CN(C(=O)COc3ccc(CC#N)cc3)CCO2)n[nH]1. The molecule has 1 aromatic heterocycles. The molecule has 1 aliphatic rings. The molecule has 0 aliphatic carbocycles. The number of amides is 1. The molecule has 1 aliphatic heterocycles. The largest absolute Gasteiger partial charge is 0.484 e. The summed E-state index contributed by atoms with van der Waals surface area (Å²) in [7, 11) is 0. The fourth-order valence-corrected chi connectivity index (χ4v) is 2.57. The van der Waals surface area contributed by atoms with E-state index in [4.69, 9.17) is 14.7 Å². The van der Waals surface area contributed by atoms with Crippen molar-refractivity contribution in [2.24, 2.45) is 0 Å². The van der Waals surface area contributed by atoms with Gasteiger partial charge < -0.3 is 14.4 Å². The van der Waals surface area contributed by atoms with Crippen LogP contribution in [0.5, 0.6) is 5.75 Å². The van der Waals surface area contributed by atoms with Gasteiger partial charge >= 0.3 is 0 Å². The number of aryl methyl sites for hydroxylation is 1. The lowest BCUT2D eigenvalue weighted by Crippen LogP contribution is -2.44. The number of carbonyl (C=O) groups is 1. The van der Waals surface area contributed by atoms with E-state index in [0.29, 0.717) is 43.5 Å². The van der Waals surface area contributed by atoms with Crippen LogP contribution in [0.25, 0.3) is 0 Å². The van der Waals surface area contributed by atoms with Crippen LogP contribution >= 0.6 is 0 Å². The number of rotatable bonds is 5. The van der Waals surface area contributed by atoms with Crippen LogP contribution in [0.1, 0.15) is 23.3 Å². The summed E-state index contributed by atoms with van der Waals surface area (Å²) in [6, 6.07) is 9.25. The van der Waals surface area contributed by atoms with Crippen molar-refractivity contribution in [3.63, 3.8) is 0 Å². The molecule has 3 rings (SSSR count). The van der Waals surface area contributed by atoms with Crippen LogP contribution in [0.3, 0.4) is 0 Å². The Morgan fingerprint density at radius 1 is 1.48 bits per heavy atom. The monoisotopic (exact) mass is 341 g/mol. The predicted octanol–water partition coefficient (Wildman–Crippen LogP) is 1.16. The number of benzene rings is 1. The first-order valence-corrected chi connectivity index (χ1v) is 8.02. The summed E-state index contributed by atoms with van der Waals surface area (Å²) in [5, 5.41) is 15.5. The molecular formula is C17H19N5O3. The van der Waals surface area contributed by atoms with Crippen LogP contribution in [0.15, 0.2) is 24.3 Å². The summed E-state index contributed by atoms with van der Waals surface area (Å²) in [4.78, 5) is 18.3. The van der Waals surface area contributed by atoms with Gasteiger partial charge in [0.15, 0.2) is 12.4 Å². The lowest BCUT2D eigenvalue weighted by molar-refractivity contribution is -0.141. The number of aromatic amines is 1. The second-order valence-corrected chi connectivity index (χ2v) is 5.75. The summed E-state index contributed by atoms with van der Waals surface area (Å²) in [6.45, 7) is 3.13. The highest BCUT2D eigenvalue weighted by Crippen LogP contribution is 2.19. The van der Waals surface area contributed by atoms with Gasteiger partial charge in [-0.15, -0.1) is 0 Å². The number of nitriles is 1. The molecule has 0 bridgehead atoms. The molecule has 2 heterocycles. The van der Waals surface area contributed by atoms with Crippen LogP contribution < -0.4 is 4.74 Å². The van der Waals surface area contributed by atoms with Crippen LogP contribution in [0, 0.1) is 18.3 Å². The molecule has 0 spiro atoms. The topological polar surface area (TPSA) is 104 Å². The minimum atomic E-state index is -0.326. The third kappa shape index (κ3) is 4.33. The maximum Gasteiger partial charge on any atom is 0.260 e. The molecule has 8 heteroatoms. The maximum absolute atomic E-state index is 12.4. The summed E-state index contributed by atoms with van der Waals surface area (Å²) < 4.78 is 11.2. The van der Waals surface area contributed by atoms with Crippen molar-refractivity contribution >= 4 is 5.91 Å². The number of morpholine rings is 1. The van der Waals surface area contributed by atoms with E-state index in [-0.39, 0.29) is 18.6 Å². The number of nitrogens with zero attached hydrogens (tertiary/aromatic N) is 4. The number of hydrogen-bond donors (Lipinski definition) is 1. The van der Waals surface area contributed by atoms with Crippen LogP contribution in [0.4, 0.5) is 0 Å². The highest BCUT2D eigenvalue weighted by molar-refractivity contribution is 5.77. The molecule has 1 fully saturated rings. The van der Waals surface area contributed by atoms with Crippen molar-refractivity contribution in [1.29, 1.82) is 5.26 Å². The van der Waals surface area contributed by atoms with Crippen molar-refractivity contribution in [2.75, 3.05) is 26.3 Å². The zero-order valence-corrected chi connectivity index (χ0v) is 13.9. The Hall–Kier alpha value is -2.92. The average Bonchev–Trinajstić information content (AvgIpc) is 3.08. The Kier molecular flexibility index (Phi) is 5.26.